The Bertz CT molecular complexity index is 1060. The Kier molecular flexibility index (Phi) is 10.6. The summed E-state index contributed by atoms with van der Waals surface area (Å²) >= 11 is 0. The quantitative estimate of drug-likeness (QED) is 0.453. The van der Waals surface area contributed by atoms with Crippen LogP contribution in [-0.4, -0.2) is 63.7 Å². The van der Waals surface area contributed by atoms with Crippen LogP contribution >= 0.6 is 0 Å². The van der Waals surface area contributed by atoms with E-state index in [2.05, 4.69) is 5.32 Å². The standard InChI is InChI=1S/C26H37N3O5S/c1-6-34-24-14-12-23(13-15-24)29(35(5,32)33)19-25(30)28(17-16-22-10-8-7-9-11-22)21(4)26(31)27-18-20(2)3/h7-15,20-21H,6,16-19H2,1-5H3,(H,27,31). The van der Waals surface area contributed by atoms with Crippen molar-refractivity contribution in [2.24, 2.45) is 5.92 Å². The zero-order valence-corrected chi connectivity index (χ0v) is 22.0. The highest BCUT2D eigenvalue weighted by Crippen LogP contribution is 2.22. The summed E-state index contributed by atoms with van der Waals surface area (Å²) in [6.45, 7) is 8.35. The SMILES string of the molecule is CCOc1ccc(N(CC(=O)N(CCc2ccccc2)C(C)C(=O)NCC(C)C)S(C)(=O)=O)cc1. The summed E-state index contributed by atoms with van der Waals surface area (Å²) in [6.07, 6.45) is 1.60. The molecule has 1 N–H and O–H groups in total. The van der Waals surface area contributed by atoms with Crippen LogP contribution in [0.2, 0.25) is 0 Å². The van der Waals surface area contributed by atoms with Gasteiger partial charge in [-0.15, -0.1) is 0 Å². The number of anilines is 1. The van der Waals surface area contributed by atoms with Crippen LogP contribution in [0.15, 0.2) is 54.6 Å². The Morgan fingerprint density at radius 2 is 1.63 bits per heavy atom. The molecule has 0 spiro atoms. The second kappa shape index (κ2) is 13.1. The molecule has 1 unspecified atom stereocenters. The van der Waals surface area contributed by atoms with Gasteiger partial charge in [0.2, 0.25) is 21.8 Å². The number of carbonyl (C=O) groups excluding carboxylic acids is 2. The van der Waals surface area contributed by atoms with E-state index < -0.39 is 28.5 Å². The fourth-order valence-corrected chi connectivity index (χ4v) is 4.36. The summed E-state index contributed by atoms with van der Waals surface area (Å²) in [7, 11) is -3.76. The molecule has 192 valence electrons. The number of sulfonamides is 1. The van der Waals surface area contributed by atoms with E-state index in [0.717, 1.165) is 16.1 Å². The molecule has 0 aromatic heterocycles. The first kappa shape index (κ1) is 28.2. The molecule has 0 saturated heterocycles. The van der Waals surface area contributed by atoms with E-state index in [0.29, 0.717) is 31.0 Å². The molecule has 0 aliphatic carbocycles. The highest BCUT2D eigenvalue weighted by molar-refractivity contribution is 7.92. The maximum absolute atomic E-state index is 13.5. The van der Waals surface area contributed by atoms with Crippen molar-refractivity contribution in [1.29, 1.82) is 0 Å². The summed E-state index contributed by atoms with van der Waals surface area (Å²) < 4.78 is 31.7. The highest BCUT2D eigenvalue weighted by atomic mass is 32.2. The number of carbonyl (C=O) groups is 2. The molecule has 0 aliphatic heterocycles. The van der Waals surface area contributed by atoms with E-state index in [9.17, 15) is 18.0 Å². The van der Waals surface area contributed by atoms with E-state index in [1.54, 1.807) is 31.2 Å². The van der Waals surface area contributed by atoms with Gasteiger partial charge in [0, 0.05) is 13.1 Å². The van der Waals surface area contributed by atoms with Gasteiger partial charge in [-0.1, -0.05) is 44.2 Å². The van der Waals surface area contributed by atoms with Gasteiger partial charge in [-0.05, 0) is 56.0 Å². The average Bonchev–Trinajstić information content (AvgIpc) is 2.81. The molecule has 35 heavy (non-hydrogen) atoms. The molecule has 0 radical (unpaired) electrons. The minimum absolute atomic E-state index is 0.264. The zero-order chi connectivity index (χ0) is 26.0. The van der Waals surface area contributed by atoms with Gasteiger partial charge in [0.1, 0.15) is 18.3 Å². The number of hydrogen-bond acceptors (Lipinski definition) is 5. The van der Waals surface area contributed by atoms with Gasteiger partial charge in [0.05, 0.1) is 18.6 Å². The van der Waals surface area contributed by atoms with E-state index >= 15 is 0 Å². The Morgan fingerprint density at radius 3 is 2.17 bits per heavy atom. The summed E-state index contributed by atoms with van der Waals surface area (Å²) in [5.41, 5.74) is 1.37. The third kappa shape index (κ3) is 8.90. The molecule has 2 amide bonds. The first-order valence-electron chi connectivity index (χ1n) is 11.8. The van der Waals surface area contributed by atoms with Gasteiger partial charge in [-0.3, -0.25) is 13.9 Å². The molecule has 0 heterocycles. The van der Waals surface area contributed by atoms with Crippen LogP contribution in [0.4, 0.5) is 5.69 Å². The first-order chi connectivity index (χ1) is 16.5. The van der Waals surface area contributed by atoms with Gasteiger partial charge in [-0.2, -0.15) is 0 Å². The van der Waals surface area contributed by atoms with Gasteiger partial charge < -0.3 is 15.0 Å². The molecule has 1 atom stereocenters. The van der Waals surface area contributed by atoms with Crippen LogP contribution in [0, 0.1) is 5.92 Å². The zero-order valence-electron chi connectivity index (χ0n) is 21.2. The molecule has 2 aromatic rings. The number of benzene rings is 2. The van der Waals surface area contributed by atoms with Crippen molar-refractivity contribution in [2.75, 3.05) is 36.8 Å². The van der Waals surface area contributed by atoms with Crippen LogP contribution in [0.3, 0.4) is 0 Å². The van der Waals surface area contributed by atoms with Crippen LogP contribution < -0.4 is 14.4 Å². The fraction of sp³-hybridized carbons (Fsp3) is 0.462. The van der Waals surface area contributed by atoms with Crippen molar-refractivity contribution in [3.05, 3.63) is 60.2 Å². The fourth-order valence-electron chi connectivity index (χ4n) is 3.51. The van der Waals surface area contributed by atoms with Crippen molar-refractivity contribution in [1.82, 2.24) is 10.2 Å². The number of amides is 2. The predicted octanol–water partition coefficient (Wildman–Crippen LogP) is 3.08. The van der Waals surface area contributed by atoms with Crippen molar-refractivity contribution < 1.29 is 22.7 Å². The van der Waals surface area contributed by atoms with Crippen molar-refractivity contribution in [3.8, 4) is 5.75 Å². The van der Waals surface area contributed by atoms with E-state index in [4.69, 9.17) is 4.74 Å². The maximum Gasteiger partial charge on any atom is 0.244 e. The summed E-state index contributed by atoms with van der Waals surface area (Å²) in [4.78, 5) is 27.7. The maximum atomic E-state index is 13.5. The molecular weight excluding hydrogens is 466 g/mol. The first-order valence-corrected chi connectivity index (χ1v) is 13.7. The Morgan fingerprint density at radius 1 is 1.00 bits per heavy atom. The molecule has 0 fully saturated rings. The monoisotopic (exact) mass is 503 g/mol. The third-order valence-electron chi connectivity index (χ3n) is 5.45. The van der Waals surface area contributed by atoms with Gasteiger partial charge in [0.15, 0.2) is 0 Å². The number of rotatable bonds is 13. The molecule has 2 rings (SSSR count). The third-order valence-corrected chi connectivity index (χ3v) is 6.59. The Balaban J connectivity index is 2.27. The van der Waals surface area contributed by atoms with Gasteiger partial charge >= 0.3 is 0 Å². The topological polar surface area (TPSA) is 96.0 Å². The van der Waals surface area contributed by atoms with Gasteiger partial charge in [-0.25, -0.2) is 8.42 Å². The lowest BCUT2D eigenvalue weighted by atomic mass is 10.1. The highest BCUT2D eigenvalue weighted by Gasteiger charge is 2.29. The van der Waals surface area contributed by atoms with Crippen LogP contribution in [0.1, 0.15) is 33.3 Å². The minimum atomic E-state index is -3.76. The molecule has 0 bridgehead atoms. The second-order valence-corrected chi connectivity index (χ2v) is 10.7. The van der Waals surface area contributed by atoms with Crippen LogP contribution in [0.5, 0.6) is 5.75 Å². The van der Waals surface area contributed by atoms with Gasteiger partial charge in [0.25, 0.3) is 0 Å². The molecular formula is C26H37N3O5S. The summed E-state index contributed by atoms with van der Waals surface area (Å²) in [6, 6.07) is 15.4. The average molecular weight is 504 g/mol. The number of ether oxygens (including phenoxy) is 1. The molecule has 2 aromatic carbocycles. The molecule has 0 saturated carbocycles. The molecule has 0 aliphatic rings. The van der Waals surface area contributed by atoms with Crippen molar-refractivity contribution in [2.45, 2.75) is 40.2 Å². The van der Waals surface area contributed by atoms with E-state index in [1.807, 2.05) is 51.1 Å². The van der Waals surface area contributed by atoms with E-state index in [1.165, 1.54) is 4.90 Å². The van der Waals surface area contributed by atoms with E-state index in [-0.39, 0.29) is 18.4 Å². The van der Waals surface area contributed by atoms with Crippen molar-refractivity contribution >= 4 is 27.5 Å². The van der Waals surface area contributed by atoms with Crippen LogP contribution in [-0.2, 0) is 26.0 Å². The lowest BCUT2D eigenvalue weighted by Crippen LogP contribution is -2.52. The second-order valence-electron chi connectivity index (χ2n) is 8.83. The summed E-state index contributed by atoms with van der Waals surface area (Å²) in [5, 5.41) is 2.87. The predicted molar refractivity (Wildman–Crippen MR) is 139 cm³/mol. The lowest BCUT2D eigenvalue weighted by molar-refractivity contribution is -0.138. The molecule has 8 nitrogen and oxygen atoms in total. The number of nitrogens with zero attached hydrogens (tertiary/aromatic N) is 2. The molecule has 9 heteroatoms. The minimum Gasteiger partial charge on any atom is -0.494 e. The summed E-state index contributed by atoms with van der Waals surface area (Å²) in [5.74, 6) is 0.149. The van der Waals surface area contributed by atoms with Crippen LogP contribution in [0.25, 0.3) is 0 Å². The van der Waals surface area contributed by atoms with Crippen molar-refractivity contribution in [3.63, 3.8) is 0 Å². The lowest BCUT2D eigenvalue weighted by Gasteiger charge is -2.31. The largest absolute Gasteiger partial charge is 0.494 e. The smallest absolute Gasteiger partial charge is 0.244 e. The number of hydrogen-bond donors (Lipinski definition) is 1. The normalized spacial score (nSPS) is 12.2. The Labute approximate surface area is 209 Å². The Hall–Kier alpha value is -3.07. The number of nitrogens with one attached hydrogen (secondary N) is 1.